The van der Waals surface area contributed by atoms with Gasteiger partial charge in [-0.3, -0.25) is 4.79 Å². The summed E-state index contributed by atoms with van der Waals surface area (Å²) in [5, 5.41) is 5.55. The lowest BCUT2D eigenvalue weighted by molar-refractivity contribution is -0.116. The van der Waals surface area contributed by atoms with Crippen molar-refractivity contribution in [2.45, 2.75) is 25.7 Å². The maximum Gasteiger partial charge on any atom is 0.224 e. The summed E-state index contributed by atoms with van der Waals surface area (Å²) in [5.74, 6) is 1.39. The first-order valence-corrected chi connectivity index (χ1v) is 9.24. The number of methoxy groups -OCH3 is 2. The Kier molecular flexibility index (Phi) is 4.71. The summed E-state index contributed by atoms with van der Waals surface area (Å²) in [6, 6.07) is 16.3. The minimum Gasteiger partial charge on any atom is -0.493 e. The van der Waals surface area contributed by atoms with Gasteiger partial charge in [0.05, 0.1) is 14.2 Å². The molecule has 0 atom stereocenters. The van der Waals surface area contributed by atoms with E-state index in [0.717, 1.165) is 29.5 Å². The summed E-state index contributed by atoms with van der Waals surface area (Å²) in [6.45, 7) is 0. The van der Waals surface area contributed by atoms with Crippen molar-refractivity contribution in [2.75, 3.05) is 19.5 Å². The van der Waals surface area contributed by atoms with Gasteiger partial charge in [-0.15, -0.1) is 0 Å². The largest absolute Gasteiger partial charge is 0.493 e. The quantitative estimate of drug-likeness (QED) is 0.702. The van der Waals surface area contributed by atoms with E-state index in [9.17, 15) is 4.79 Å². The van der Waals surface area contributed by atoms with E-state index in [4.69, 9.17) is 9.47 Å². The molecule has 0 fully saturated rings. The lowest BCUT2D eigenvalue weighted by Crippen LogP contribution is -2.12. The molecule has 0 radical (unpaired) electrons. The van der Waals surface area contributed by atoms with Crippen LogP contribution >= 0.6 is 0 Å². The minimum atomic E-state index is 0.0171. The highest BCUT2D eigenvalue weighted by molar-refractivity contribution is 6.05. The maximum absolute atomic E-state index is 12.5. The molecule has 1 aliphatic rings. The molecule has 0 unspecified atom stereocenters. The summed E-state index contributed by atoms with van der Waals surface area (Å²) in [4.78, 5) is 12.5. The van der Waals surface area contributed by atoms with Crippen LogP contribution in [0.15, 0.2) is 48.5 Å². The van der Waals surface area contributed by atoms with Crippen LogP contribution in [0.2, 0.25) is 0 Å². The number of nitrogens with one attached hydrogen (secondary N) is 1. The van der Waals surface area contributed by atoms with Gasteiger partial charge in [0.2, 0.25) is 5.91 Å². The third kappa shape index (κ3) is 3.35. The molecule has 0 aromatic heterocycles. The molecule has 4 rings (SSSR count). The average Bonchev–Trinajstić information content (AvgIpc) is 3.13. The predicted octanol–water partition coefficient (Wildman–Crippen LogP) is 4.53. The van der Waals surface area contributed by atoms with Gasteiger partial charge in [-0.05, 0) is 59.5 Å². The molecule has 1 amide bonds. The number of carbonyl (C=O) groups excluding carboxylic acids is 1. The van der Waals surface area contributed by atoms with E-state index in [0.29, 0.717) is 24.3 Å². The number of amides is 1. The van der Waals surface area contributed by atoms with E-state index in [2.05, 4.69) is 29.6 Å². The number of carbonyl (C=O) groups is 1. The maximum atomic E-state index is 12.5. The van der Waals surface area contributed by atoms with Gasteiger partial charge >= 0.3 is 0 Å². The Labute approximate surface area is 159 Å². The summed E-state index contributed by atoms with van der Waals surface area (Å²) in [7, 11) is 3.23. The Hall–Kier alpha value is -3.01. The van der Waals surface area contributed by atoms with E-state index < -0.39 is 0 Å². The van der Waals surface area contributed by atoms with Crippen molar-refractivity contribution in [3.8, 4) is 11.5 Å². The molecule has 0 aliphatic heterocycles. The minimum absolute atomic E-state index is 0.0171. The number of hydrogen-bond acceptors (Lipinski definition) is 3. The van der Waals surface area contributed by atoms with Crippen LogP contribution in [0.25, 0.3) is 10.8 Å². The molecule has 0 heterocycles. The number of aryl methyl sites for hydroxylation is 3. The highest BCUT2D eigenvalue weighted by Gasteiger charge is 2.16. The van der Waals surface area contributed by atoms with Gasteiger partial charge in [0.25, 0.3) is 0 Å². The van der Waals surface area contributed by atoms with Crippen LogP contribution in [-0.4, -0.2) is 20.1 Å². The van der Waals surface area contributed by atoms with Gasteiger partial charge in [0.15, 0.2) is 11.5 Å². The molecule has 4 nitrogen and oxygen atoms in total. The molecule has 3 aromatic rings. The van der Waals surface area contributed by atoms with Crippen LogP contribution in [0.4, 0.5) is 5.69 Å². The first-order chi connectivity index (χ1) is 13.2. The molecule has 0 spiro atoms. The number of hydrogen-bond donors (Lipinski definition) is 1. The van der Waals surface area contributed by atoms with Crippen molar-refractivity contribution in [3.05, 3.63) is 65.2 Å². The van der Waals surface area contributed by atoms with Gasteiger partial charge in [-0.1, -0.05) is 30.3 Å². The van der Waals surface area contributed by atoms with Crippen LogP contribution in [0.3, 0.4) is 0 Å². The Balaban J connectivity index is 1.47. The van der Waals surface area contributed by atoms with E-state index >= 15 is 0 Å². The van der Waals surface area contributed by atoms with Crippen LogP contribution in [0.5, 0.6) is 11.5 Å². The zero-order chi connectivity index (χ0) is 18.8. The second-order valence-corrected chi connectivity index (χ2v) is 6.85. The third-order valence-electron chi connectivity index (χ3n) is 5.24. The first kappa shape index (κ1) is 17.4. The lowest BCUT2D eigenvalue weighted by Gasteiger charge is -2.12. The van der Waals surface area contributed by atoms with Gasteiger partial charge in [-0.25, -0.2) is 0 Å². The lowest BCUT2D eigenvalue weighted by atomic mass is 10.0. The highest BCUT2D eigenvalue weighted by Crippen LogP contribution is 2.35. The molecule has 3 aromatic carbocycles. The third-order valence-corrected chi connectivity index (χ3v) is 5.24. The number of anilines is 1. The topological polar surface area (TPSA) is 47.6 Å². The van der Waals surface area contributed by atoms with Crippen molar-refractivity contribution in [2.24, 2.45) is 0 Å². The first-order valence-electron chi connectivity index (χ1n) is 9.24. The van der Waals surface area contributed by atoms with Gasteiger partial charge in [0, 0.05) is 17.5 Å². The molecule has 27 heavy (non-hydrogen) atoms. The molecule has 0 bridgehead atoms. The summed E-state index contributed by atoms with van der Waals surface area (Å²) < 4.78 is 10.6. The van der Waals surface area contributed by atoms with E-state index in [1.54, 1.807) is 14.2 Å². The molecule has 1 N–H and O–H groups in total. The van der Waals surface area contributed by atoms with Crippen LogP contribution < -0.4 is 14.8 Å². The number of rotatable bonds is 6. The highest BCUT2D eigenvalue weighted by atomic mass is 16.5. The van der Waals surface area contributed by atoms with Gasteiger partial charge in [0.1, 0.15) is 0 Å². The van der Waals surface area contributed by atoms with Crippen molar-refractivity contribution in [1.82, 2.24) is 0 Å². The molecule has 138 valence electrons. The number of ether oxygens (including phenoxy) is 2. The van der Waals surface area contributed by atoms with Gasteiger partial charge < -0.3 is 14.8 Å². The summed E-state index contributed by atoms with van der Waals surface area (Å²) in [5.41, 5.74) is 4.70. The predicted molar refractivity (Wildman–Crippen MR) is 108 cm³/mol. The van der Waals surface area contributed by atoms with Crippen molar-refractivity contribution in [1.29, 1.82) is 0 Å². The zero-order valence-electron chi connectivity index (χ0n) is 15.7. The summed E-state index contributed by atoms with van der Waals surface area (Å²) in [6.07, 6.45) is 3.23. The standard InChI is InChI=1S/C23H23NO3/c1-26-20-12-6-15(14-21(20)27-2)7-13-22(25)24-19-11-10-17-9-8-16-4-3-5-18(19)23(16)17/h3-6,10-12,14H,7-9,13H2,1-2H3,(H,24,25). The smallest absolute Gasteiger partial charge is 0.224 e. The normalized spacial score (nSPS) is 12.2. The van der Waals surface area contributed by atoms with Crippen molar-refractivity contribution in [3.63, 3.8) is 0 Å². The van der Waals surface area contributed by atoms with Crippen molar-refractivity contribution >= 4 is 22.4 Å². The van der Waals surface area contributed by atoms with Crippen LogP contribution in [-0.2, 0) is 24.1 Å². The molecule has 1 aliphatic carbocycles. The van der Waals surface area contributed by atoms with Gasteiger partial charge in [-0.2, -0.15) is 0 Å². The fourth-order valence-corrected chi connectivity index (χ4v) is 3.86. The Morgan fingerprint density at radius 1 is 0.963 bits per heavy atom. The Bertz CT molecular complexity index is 1000. The average molecular weight is 361 g/mol. The fraction of sp³-hybridized carbons (Fsp3) is 0.261. The summed E-state index contributed by atoms with van der Waals surface area (Å²) >= 11 is 0. The zero-order valence-corrected chi connectivity index (χ0v) is 15.7. The molecular formula is C23H23NO3. The molecule has 4 heteroatoms. The van der Waals surface area contributed by atoms with Crippen LogP contribution in [0.1, 0.15) is 23.1 Å². The SMILES string of the molecule is COc1ccc(CCC(=O)Nc2ccc3c4c(cccc24)CC3)cc1OC. The number of benzene rings is 3. The van der Waals surface area contributed by atoms with E-state index in [1.165, 1.54) is 16.5 Å². The van der Waals surface area contributed by atoms with E-state index in [1.807, 2.05) is 24.3 Å². The van der Waals surface area contributed by atoms with E-state index in [-0.39, 0.29) is 5.91 Å². The second kappa shape index (κ2) is 7.31. The Morgan fingerprint density at radius 2 is 1.74 bits per heavy atom. The van der Waals surface area contributed by atoms with Crippen molar-refractivity contribution < 1.29 is 14.3 Å². The fourth-order valence-electron chi connectivity index (χ4n) is 3.86. The molecular weight excluding hydrogens is 338 g/mol. The Morgan fingerprint density at radius 3 is 2.52 bits per heavy atom. The monoisotopic (exact) mass is 361 g/mol. The van der Waals surface area contributed by atoms with Crippen LogP contribution in [0, 0.1) is 0 Å². The molecule has 0 saturated carbocycles. The molecule has 0 saturated heterocycles. The second-order valence-electron chi connectivity index (χ2n) is 6.85.